The van der Waals surface area contributed by atoms with Crippen LogP contribution in [-0.4, -0.2) is 18.0 Å². The van der Waals surface area contributed by atoms with Gasteiger partial charge in [-0.15, -0.1) is 0 Å². The number of pyridine rings is 1. The van der Waals surface area contributed by atoms with Crippen LogP contribution in [0.3, 0.4) is 0 Å². The topological polar surface area (TPSA) is 98.2 Å². The second-order valence-electron chi connectivity index (χ2n) is 6.23. The van der Waals surface area contributed by atoms with E-state index in [1.54, 1.807) is 0 Å². The lowest BCUT2D eigenvalue weighted by Gasteiger charge is -2.18. The number of aromatic nitrogens is 1. The minimum atomic E-state index is -4.69. The molecule has 1 aromatic carbocycles. The number of benzene rings is 1. The summed E-state index contributed by atoms with van der Waals surface area (Å²) in [6, 6.07) is 6.17. The molecule has 1 aromatic heterocycles. The molecule has 9 heteroatoms. The van der Waals surface area contributed by atoms with Crippen LogP contribution in [0, 0.1) is 11.3 Å². The number of methoxy groups -OCH3 is 1. The first-order valence-corrected chi connectivity index (χ1v) is 8.87. The quantitative estimate of drug-likeness (QED) is 0.645. The molecule has 2 rings (SSSR count). The number of amides is 1. The van der Waals surface area contributed by atoms with Crippen molar-refractivity contribution in [2.75, 3.05) is 7.11 Å². The number of rotatable bonds is 8. The maximum absolute atomic E-state index is 13.5. The first-order chi connectivity index (χ1) is 13.7. The summed E-state index contributed by atoms with van der Waals surface area (Å²) in [4.78, 5) is 15.8. The van der Waals surface area contributed by atoms with Crippen LogP contribution in [-0.2, 0) is 12.6 Å². The average Bonchev–Trinajstić information content (AvgIpc) is 2.67. The van der Waals surface area contributed by atoms with Crippen LogP contribution in [0.5, 0.6) is 17.4 Å². The lowest BCUT2D eigenvalue weighted by molar-refractivity contribution is -0.138. The molecule has 0 radical (unpaired) electrons. The summed E-state index contributed by atoms with van der Waals surface area (Å²) in [5.74, 6) is -1.17. The zero-order valence-electron chi connectivity index (χ0n) is 16.0. The molecule has 0 spiro atoms. The van der Waals surface area contributed by atoms with Gasteiger partial charge in [-0.3, -0.25) is 4.79 Å². The monoisotopic (exact) mass is 407 g/mol. The Hall–Kier alpha value is -3.28. The summed E-state index contributed by atoms with van der Waals surface area (Å²) in [5, 5.41) is 8.97. The third kappa shape index (κ3) is 5.16. The van der Waals surface area contributed by atoms with Crippen molar-refractivity contribution in [3.05, 3.63) is 46.6 Å². The fourth-order valence-electron chi connectivity index (χ4n) is 2.84. The number of halogens is 3. The van der Waals surface area contributed by atoms with E-state index in [2.05, 4.69) is 4.98 Å². The van der Waals surface area contributed by atoms with E-state index >= 15 is 0 Å². The van der Waals surface area contributed by atoms with Gasteiger partial charge in [-0.2, -0.15) is 18.4 Å². The highest BCUT2D eigenvalue weighted by atomic mass is 19.4. The van der Waals surface area contributed by atoms with Crippen molar-refractivity contribution in [2.24, 2.45) is 5.73 Å². The van der Waals surface area contributed by atoms with Gasteiger partial charge in [0.25, 0.3) is 5.91 Å². The van der Waals surface area contributed by atoms with Crippen LogP contribution in [0.4, 0.5) is 13.2 Å². The van der Waals surface area contributed by atoms with Gasteiger partial charge in [-0.25, -0.2) is 4.98 Å². The Morgan fingerprint density at radius 2 is 2.00 bits per heavy atom. The van der Waals surface area contributed by atoms with Crippen molar-refractivity contribution in [1.29, 1.82) is 5.26 Å². The van der Waals surface area contributed by atoms with Gasteiger partial charge in [-0.05, 0) is 30.5 Å². The molecule has 29 heavy (non-hydrogen) atoms. The van der Waals surface area contributed by atoms with E-state index in [-0.39, 0.29) is 29.4 Å². The van der Waals surface area contributed by atoms with Crippen LogP contribution >= 0.6 is 0 Å². The lowest BCUT2D eigenvalue weighted by atomic mass is 9.97. The maximum Gasteiger partial charge on any atom is 0.418 e. The third-order valence-corrected chi connectivity index (χ3v) is 4.23. The average molecular weight is 407 g/mol. The number of nitriles is 1. The lowest BCUT2D eigenvalue weighted by Crippen LogP contribution is -2.20. The van der Waals surface area contributed by atoms with E-state index in [0.29, 0.717) is 24.6 Å². The largest absolute Gasteiger partial charge is 0.493 e. The van der Waals surface area contributed by atoms with E-state index in [4.69, 9.17) is 20.5 Å². The van der Waals surface area contributed by atoms with E-state index in [9.17, 15) is 18.0 Å². The first kappa shape index (κ1) is 22.0. The van der Waals surface area contributed by atoms with Gasteiger partial charge >= 0.3 is 6.18 Å². The molecule has 0 aliphatic heterocycles. The molecule has 0 saturated carbocycles. The van der Waals surface area contributed by atoms with Gasteiger partial charge in [0.15, 0.2) is 11.5 Å². The number of carbonyl (C=O) groups excluding carboxylic acids is 1. The fraction of sp³-hybridized carbons (Fsp3) is 0.350. The smallest absolute Gasteiger partial charge is 0.418 e. The molecule has 0 aliphatic carbocycles. The molecule has 0 unspecified atom stereocenters. The Labute approximate surface area is 166 Å². The van der Waals surface area contributed by atoms with Crippen LogP contribution in [0.2, 0.25) is 0 Å². The van der Waals surface area contributed by atoms with Gasteiger partial charge in [-0.1, -0.05) is 19.8 Å². The Bertz CT molecular complexity index is 937. The van der Waals surface area contributed by atoms with Gasteiger partial charge in [0.05, 0.1) is 24.3 Å². The Balaban J connectivity index is 2.59. The Kier molecular flexibility index (Phi) is 7.04. The number of hydrogen-bond donors (Lipinski definition) is 1. The summed E-state index contributed by atoms with van der Waals surface area (Å²) in [6.45, 7) is 1.91. The van der Waals surface area contributed by atoms with Gasteiger partial charge in [0.2, 0.25) is 5.88 Å². The minimum absolute atomic E-state index is 0.00431. The number of nitrogens with zero attached hydrogens (tertiary/aromatic N) is 2. The number of hydrogen-bond acceptors (Lipinski definition) is 5. The van der Waals surface area contributed by atoms with Crippen molar-refractivity contribution in [2.45, 2.75) is 38.8 Å². The number of ether oxygens (including phenoxy) is 2. The fourth-order valence-corrected chi connectivity index (χ4v) is 2.84. The molecule has 0 fully saturated rings. The third-order valence-electron chi connectivity index (χ3n) is 4.23. The predicted octanol–water partition coefficient (Wildman–Crippen LogP) is 4.60. The highest BCUT2D eigenvalue weighted by molar-refractivity contribution is 5.97. The molecular weight excluding hydrogens is 387 g/mol. The van der Waals surface area contributed by atoms with E-state index in [1.807, 2.05) is 13.0 Å². The first-order valence-electron chi connectivity index (χ1n) is 8.87. The summed E-state index contributed by atoms with van der Waals surface area (Å²) < 4.78 is 51.2. The molecule has 154 valence electrons. The highest BCUT2D eigenvalue weighted by Gasteiger charge is 2.37. The van der Waals surface area contributed by atoms with Gasteiger partial charge < -0.3 is 15.2 Å². The van der Waals surface area contributed by atoms with Gasteiger partial charge in [0, 0.05) is 12.3 Å². The number of alkyl halides is 3. The number of nitrogens with two attached hydrogens (primary N) is 1. The summed E-state index contributed by atoms with van der Waals surface area (Å²) >= 11 is 0. The van der Waals surface area contributed by atoms with Crippen molar-refractivity contribution in [1.82, 2.24) is 4.98 Å². The zero-order valence-corrected chi connectivity index (χ0v) is 16.0. The van der Waals surface area contributed by atoms with Crippen molar-refractivity contribution < 1.29 is 27.4 Å². The molecule has 1 heterocycles. The normalized spacial score (nSPS) is 11.0. The summed E-state index contributed by atoms with van der Waals surface area (Å²) in [6.07, 6.45) is -2.11. The maximum atomic E-state index is 13.5. The van der Waals surface area contributed by atoms with Crippen LogP contribution in [0.25, 0.3) is 0 Å². The molecule has 0 bridgehead atoms. The molecule has 0 aliphatic rings. The van der Waals surface area contributed by atoms with E-state index in [0.717, 1.165) is 6.42 Å². The highest BCUT2D eigenvalue weighted by Crippen LogP contribution is 2.39. The standard InChI is InChI=1S/C20H20F3N3O3/c1-3-4-5-6-13-14(20(21,22)23)11-26-19(17(13)18(25)27)29-15-8-7-12(10-24)9-16(15)28-2/h7-9,11H,3-6H2,1-2H3,(H2,25,27). The van der Waals surface area contributed by atoms with Gasteiger partial charge in [0.1, 0.15) is 5.56 Å². The predicted molar refractivity (Wildman–Crippen MR) is 98.8 cm³/mol. The van der Waals surface area contributed by atoms with E-state index < -0.39 is 23.2 Å². The molecule has 6 nitrogen and oxygen atoms in total. The second-order valence-corrected chi connectivity index (χ2v) is 6.23. The van der Waals surface area contributed by atoms with Crippen LogP contribution in [0.1, 0.15) is 53.2 Å². The summed E-state index contributed by atoms with van der Waals surface area (Å²) in [7, 11) is 1.34. The number of carbonyl (C=O) groups is 1. The van der Waals surface area contributed by atoms with Crippen molar-refractivity contribution in [3.63, 3.8) is 0 Å². The van der Waals surface area contributed by atoms with Crippen molar-refractivity contribution in [3.8, 4) is 23.4 Å². The Morgan fingerprint density at radius 3 is 2.55 bits per heavy atom. The zero-order chi connectivity index (χ0) is 21.6. The van der Waals surface area contributed by atoms with Crippen LogP contribution < -0.4 is 15.2 Å². The second kappa shape index (κ2) is 9.28. The molecule has 2 aromatic rings. The number of unbranched alkanes of at least 4 members (excludes halogenated alkanes) is 2. The minimum Gasteiger partial charge on any atom is -0.493 e. The van der Waals surface area contributed by atoms with Crippen molar-refractivity contribution >= 4 is 5.91 Å². The molecule has 0 saturated heterocycles. The Morgan fingerprint density at radius 1 is 1.28 bits per heavy atom. The van der Waals surface area contributed by atoms with E-state index in [1.165, 1.54) is 25.3 Å². The molecule has 2 N–H and O–H groups in total. The molecule has 1 amide bonds. The van der Waals surface area contributed by atoms with Crippen LogP contribution in [0.15, 0.2) is 24.4 Å². The molecule has 0 atom stereocenters. The summed E-state index contributed by atoms with van der Waals surface area (Å²) in [5.41, 5.74) is 4.03. The SMILES string of the molecule is CCCCCc1c(C(F)(F)F)cnc(Oc2ccc(C#N)cc2OC)c1C(N)=O. The molecular formula is C20H20F3N3O3. The number of primary amides is 1.